The number of benzene rings is 1. The molecule has 28 heavy (non-hydrogen) atoms. The van der Waals surface area contributed by atoms with E-state index in [0.29, 0.717) is 45.0 Å². The number of aromatic nitrogens is 1. The number of halogens is 4. The Morgan fingerprint density at radius 3 is 2.57 bits per heavy atom. The van der Waals surface area contributed by atoms with E-state index >= 15 is 0 Å². The summed E-state index contributed by atoms with van der Waals surface area (Å²) in [6.45, 7) is 2.42. The minimum Gasteiger partial charge on any atom is -0.354 e. The van der Waals surface area contributed by atoms with Crippen molar-refractivity contribution in [2.24, 2.45) is 0 Å². The maximum Gasteiger partial charge on any atom is 0.417 e. The van der Waals surface area contributed by atoms with Gasteiger partial charge in [-0.05, 0) is 18.1 Å². The maximum atomic E-state index is 12.8. The summed E-state index contributed by atoms with van der Waals surface area (Å²) in [6.07, 6.45) is -3.03. The van der Waals surface area contributed by atoms with Gasteiger partial charge in [0.05, 0.1) is 10.6 Å². The molecule has 5 nitrogen and oxygen atoms in total. The van der Waals surface area contributed by atoms with Gasteiger partial charge in [-0.15, -0.1) is 0 Å². The van der Waals surface area contributed by atoms with Crippen molar-refractivity contribution in [1.29, 1.82) is 0 Å². The van der Waals surface area contributed by atoms with Crippen LogP contribution in [0.2, 0.25) is 5.02 Å². The molecule has 0 saturated carbocycles. The van der Waals surface area contributed by atoms with Gasteiger partial charge in [-0.1, -0.05) is 41.9 Å². The van der Waals surface area contributed by atoms with E-state index < -0.39 is 11.7 Å². The Kier molecular flexibility index (Phi) is 6.28. The highest BCUT2D eigenvalue weighted by Crippen LogP contribution is 2.33. The molecule has 0 spiro atoms. The Morgan fingerprint density at radius 2 is 1.89 bits per heavy atom. The van der Waals surface area contributed by atoms with Crippen LogP contribution in [0.25, 0.3) is 0 Å². The molecule has 1 aromatic heterocycles. The lowest BCUT2D eigenvalue weighted by molar-refractivity contribution is -0.137. The van der Waals surface area contributed by atoms with Gasteiger partial charge in [0.25, 0.3) is 0 Å². The number of carbonyl (C=O) groups excluding carboxylic acids is 1. The largest absolute Gasteiger partial charge is 0.417 e. The van der Waals surface area contributed by atoms with Crippen molar-refractivity contribution in [2.75, 3.05) is 31.1 Å². The Hall–Kier alpha value is -2.48. The van der Waals surface area contributed by atoms with Gasteiger partial charge < -0.3 is 15.1 Å². The van der Waals surface area contributed by atoms with Crippen LogP contribution in [0.5, 0.6) is 0 Å². The summed E-state index contributed by atoms with van der Waals surface area (Å²) in [4.78, 5) is 19.8. The standard InChI is InChI=1S/C19H20ClF3N4O/c20-16-11-15(19(21,22)23)13-24-17(16)26-7-4-8-27(10-9-26)18(28)25-12-14-5-2-1-3-6-14/h1-3,5-6,11,13H,4,7-10,12H2,(H,25,28). The summed E-state index contributed by atoms with van der Waals surface area (Å²) in [6, 6.07) is 10.3. The number of amides is 2. The van der Waals surface area contributed by atoms with Gasteiger partial charge in [-0.2, -0.15) is 13.2 Å². The van der Waals surface area contributed by atoms with E-state index in [2.05, 4.69) is 10.3 Å². The van der Waals surface area contributed by atoms with Crippen molar-refractivity contribution in [2.45, 2.75) is 19.1 Å². The van der Waals surface area contributed by atoms with Crippen LogP contribution in [0, 0.1) is 0 Å². The second-order valence-electron chi connectivity index (χ2n) is 6.50. The lowest BCUT2D eigenvalue weighted by Crippen LogP contribution is -2.41. The highest BCUT2D eigenvalue weighted by atomic mass is 35.5. The second-order valence-corrected chi connectivity index (χ2v) is 6.91. The average molecular weight is 413 g/mol. The summed E-state index contributed by atoms with van der Waals surface area (Å²) in [7, 11) is 0. The third-order valence-electron chi connectivity index (χ3n) is 4.52. The number of urea groups is 1. The van der Waals surface area contributed by atoms with Gasteiger partial charge in [0.2, 0.25) is 0 Å². The minimum atomic E-state index is -4.48. The minimum absolute atomic E-state index is 0.0446. The van der Waals surface area contributed by atoms with Gasteiger partial charge >= 0.3 is 12.2 Å². The van der Waals surface area contributed by atoms with Crippen LogP contribution in [0.1, 0.15) is 17.5 Å². The molecule has 3 rings (SSSR count). The summed E-state index contributed by atoms with van der Waals surface area (Å²) < 4.78 is 38.3. The van der Waals surface area contributed by atoms with Gasteiger partial charge in [0.15, 0.2) is 0 Å². The number of carbonyl (C=O) groups is 1. The SMILES string of the molecule is O=C(NCc1ccccc1)N1CCCN(c2ncc(C(F)(F)F)cc2Cl)CC1. The van der Waals surface area contributed by atoms with Gasteiger partial charge in [-0.25, -0.2) is 9.78 Å². The number of nitrogens with zero attached hydrogens (tertiary/aromatic N) is 3. The van der Waals surface area contributed by atoms with Crippen LogP contribution in [0.4, 0.5) is 23.8 Å². The Balaban J connectivity index is 1.59. The number of pyridine rings is 1. The van der Waals surface area contributed by atoms with E-state index in [0.717, 1.165) is 17.8 Å². The normalized spacial score (nSPS) is 15.3. The molecule has 0 radical (unpaired) electrons. The topological polar surface area (TPSA) is 48.5 Å². The first-order valence-corrected chi connectivity index (χ1v) is 9.27. The molecule has 2 amide bonds. The first-order chi connectivity index (χ1) is 13.3. The van der Waals surface area contributed by atoms with E-state index in [1.54, 1.807) is 4.90 Å². The van der Waals surface area contributed by atoms with Crippen molar-refractivity contribution in [3.63, 3.8) is 0 Å². The molecule has 150 valence electrons. The molecule has 0 unspecified atom stereocenters. The fourth-order valence-electron chi connectivity index (χ4n) is 3.04. The number of alkyl halides is 3. The first kappa shape index (κ1) is 20.3. The average Bonchev–Trinajstić information content (AvgIpc) is 2.92. The molecular formula is C19H20ClF3N4O. The zero-order chi connectivity index (χ0) is 20.1. The molecule has 1 N–H and O–H groups in total. The zero-order valence-electron chi connectivity index (χ0n) is 15.0. The quantitative estimate of drug-likeness (QED) is 0.823. The first-order valence-electron chi connectivity index (χ1n) is 8.89. The Bertz CT molecular complexity index is 817. The van der Waals surface area contributed by atoms with Gasteiger partial charge in [0.1, 0.15) is 5.82 Å². The Morgan fingerprint density at radius 1 is 1.14 bits per heavy atom. The predicted molar refractivity (Wildman–Crippen MR) is 101 cm³/mol. The van der Waals surface area contributed by atoms with Crippen LogP contribution >= 0.6 is 11.6 Å². The van der Waals surface area contributed by atoms with E-state index in [1.165, 1.54) is 0 Å². The highest BCUT2D eigenvalue weighted by Gasteiger charge is 2.32. The number of rotatable bonds is 3. The zero-order valence-corrected chi connectivity index (χ0v) is 15.8. The molecule has 1 aromatic carbocycles. The summed E-state index contributed by atoms with van der Waals surface area (Å²) in [5.41, 5.74) is 0.131. The number of hydrogen-bond donors (Lipinski definition) is 1. The molecule has 2 aromatic rings. The monoisotopic (exact) mass is 412 g/mol. The summed E-state index contributed by atoms with van der Waals surface area (Å²) in [5.74, 6) is 0.307. The van der Waals surface area contributed by atoms with E-state index in [-0.39, 0.29) is 11.1 Å². The van der Waals surface area contributed by atoms with Crippen molar-refractivity contribution in [3.8, 4) is 0 Å². The maximum absolute atomic E-state index is 12.8. The van der Waals surface area contributed by atoms with Crippen molar-refractivity contribution < 1.29 is 18.0 Å². The number of anilines is 1. The molecule has 0 aliphatic carbocycles. The van der Waals surface area contributed by atoms with Gasteiger partial charge in [0, 0.05) is 38.9 Å². The molecule has 0 atom stereocenters. The van der Waals surface area contributed by atoms with Crippen LogP contribution in [0.3, 0.4) is 0 Å². The second kappa shape index (κ2) is 8.68. The molecular weight excluding hydrogens is 393 g/mol. The molecule has 1 saturated heterocycles. The fourth-order valence-corrected chi connectivity index (χ4v) is 3.32. The molecule has 9 heteroatoms. The van der Waals surface area contributed by atoms with E-state index in [1.807, 2.05) is 35.2 Å². The molecule has 1 fully saturated rings. The number of nitrogens with one attached hydrogen (secondary N) is 1. The summed E-state index contributed by atoms with van der Waals surface area (Å²) in [5, 5.41) is 2.84. The number of hydrogen-bond acceptors (Lipinski definition) is 3. The molecule has 1 aliphatic heterocycles. The predicted octanol–water partition coefficient (Wildman–Crippen LogP) is 4.18. The fraction of sp³-hybridized carbons (Fsp3) is 0.368. The lowest BCUT2D eigenvalue weighted by atomic mass is 10.2. The smallest absolute Gasteiger partial charge is 0.354 e. The van der Waals surface area contributed by atoms with Crippen LogP contribution < -0.4 is 10.2 Å². The molecule has 0 bridgehead atoms. The molecule has 1 aliphatic rings. The summed E-state index contributed by atoms with van der Waals surface area (Å²) >= 11 is 6.04. The van der Waals surface area contributed by atoms with Crippen molar-refractivity contribution in [3.05, 3.63) is 58.7 Å². The molecule has 2 heterocycles. The van der Waals surface area contributed by atoms with E-state index in [9.17, 15) is 18.0 Å². The van der Waals surface area contributed by atoms with Crippen LogP contribution in [-0.2, 0) is 12.7 Å². The van der Waals surface area contributed by atoms with E-state index in [4.69, 9.17) is 11.6 Å². The third kappa shape index (κ3) is 5.07. The highest BCUT2D eigenvalue weighted by molar-refractivity contribution is 6.33. The Labute approximate surface area is 166 Å². The van der Waals surface area contributed by atoms with Crippen molar-refractivity contribution >= 4 is 23.4 Å². The van der Waals surface area contributed by atoms with Crippen molar-refractivity contribution in [1.82, 2.24) is 15.2 Å². The van der Waals surface area contributed by atoms with Gasteiger partial charge in [-0.3, -0.25) is 0 Å². The lowest BCUT2D eigenvalue weighted by Gasteiger charge is -2.24. The van der Waals surface area contributed by atoms with Crippen LogP contribution in [-0.4, -0.2) is 42.1 Å². The third-order valence-corrected chi connectivity index (χ3v) is 4.80. The van der Waals surface area contributed by atoms with Crippen LogP contribution in [0.15, 0.2) is 42.6 Å².